The summed E-state index contributed by atoms with van der Waals surface area (Å²) in [5, 5.41) is 2.76. The molecule has 0 unspecified atom stereocenters. The van der Waals surface area contributed by atoms with E-state index in [2.05, 4.69) is 10.3 Å². The molecule has 110 valence electrons. The van der Waals surface area contributed by atoms with Crippen LogP contribution in [0.4, 0.5) is 5.69 Å². The van der Waals surface area contributed by atoms with Gasteiger partial charge in [0.2, 0.25) is 5.91 Å². The van der Waals surface area contributed by atoms with Gasteiger partial charge in [-0.2, -0.15) is 0 Å². The Bertz CT molecular complexity index is 445. The summed E-state index contributed by atoms with van der Waals surface area (Å²) in [5.74, 6) is -0.400. The van der Waals surface area contributed by atoms with Crippen molar-refractivity contribution in [1.29, 1.82) is 0 Å². The first-order valence-corrected chi connectivity index (χ1v) is 6.86. The lowest BCUT2D eigenvalue weighted by Gasteiger charge is -2.21. The van der Waals surface area contributed by atoms with Crippen molar-refractivity contribution < 1.29 is 9.59 Å². The van der Waals surface area contributed by atoms with E-state index in [4.69, 9.17) is 5.73 Å². The van der Waals surface area contributed by atoms with Crippen LogP contribution in [0.1, 0.15) is 37.2 Å². The Morgan fingerprint density at radius 2 is 2.05 bits per heavy atom. The van der Waals surface area contributed by atoms with Crippen molar-refractivity contribution in [2.45, 2.75) is 26.7 Å². The normalized spacial score (nSPS) is 10.1. The molecule has 0 bridgehead atoms. The molecule has 0 fully saturated rings. The van der Waals surface area contributed by atoms with E-state index in [0.29, 0.717) is 24.5 Å². The third-order valence-corrected chi connectivity index (χ3v) is 2.69. The molecule has 0 aliphatic carbocycles. The van der Waals surface area contributed by atoms with E-state index in [1.807, 2.05) is 13.8 Å². The van der Waals surface area contributed by atoms with E-state index < -0.39 is 0 Å². The number of nitrogens with one attached hydrogen (secondary N) is 1. The highest BCUT2D eigenvalue weighted by molar-refractivity contribution is 5.95. The van der Waals surface area contributed by atoms with Crippen LogP contribution in [0, 0.1) is 0 Å². The highest BCUT2D eigenvalue weighted by atomic mass is 16.2. The third-order valence-electron chi connectivity index (χ3n) is 2.69. The molecule has 6 heteroatoms. The second kappa shape index (κ2) is 8.14. The maximum absolute atomic E-state index is 12.3. The van der Waals surface area contributed by atoms with Crippen LogP contribution in [0.5, 0.6) is 0 Å². The van der Waals surface area contributed by atoms with Crippen molar-refractivity contribution in [3.8, 4) is 0 Å². The minimum atomic E-state index is -0.251. The van der Waals surface area contributed by atoms with Gasteiger partial charge < -0.3 is 16.0 Å². The number of anilines is 1. The van der Waals surface area contributed by atoms with Crippen molar-refractivity contribution in [2.24, 2.45) is 0 Å². The fraction of sp³-hybridized carbons (Fsp3) is 0.500. The molecule has 0 aliphatic heterocycles. The summed E-state index contributed by atoms with van der Waals surface area (Å²) in [6, 6.07) is 3.20. The van der Waals surface area contributed by atoms with Gasteiger partial charge >= 0.3 is 0 Å². The average Bonchev–Trinajstić information content (AvgIpc) is 2.44. The first-order valence-electron chi connectivity index (χ1n) is 6.86. The van der Waals surface area contributed by atoms with Crippen LogP contribution in [0.2, 0.25) is 0 Å². The molecule has 3 N–H and O–H groups in total. The van der Waals surface area contributed by atoms with Gasteiger partial charge in [-0.25, -0.2) is 4.98 Å². The van der Waals surface area contributed by atoms with Crippen LogP contribution < -0.4 is 11.1 Å². The van der Waals surface area contributed by atoms with E-state index in [1.165, 1.54) is 11.1 Å². The zero-order valence-electron chi connectivity index (χ0n) is 12.1. The van der Waals surface area contributed by atoms with Crippen LogP contribution in [-0.4, -0.2) is 41.3 Å². The number of nitrogen functional groups attached to an aromatic ring is 1. The Morgan fingerprint density at radius 1 is 1.30 bits per heavy atom. The number of aromatic nitrogens is 1. The fourth-order valence-corrected chi connectivity index (χ4v) is 1.71. The molecule has 0 saturated carbocycles. The van der Waals surface area contributed by atoms with E-state index in [-0.39, 0.29) is 18.4 Å². The molecule has 0 aromatic carbocycles. The summed E-state index contributed by atoms with van der Waals surface area (Å²) >= 11 is 0. The number of hydrogen-bond donors (Lipinski definition) is 2. The molecule has 0 radical (unpaired) electrons. The van der Waals surface area contributed by atoms with Crippen molar-refractivity contribution in [3.63, 3.8) is 0 Å². The van der Waals surface area contributed by atoms with Crippen molar-refractivity contribution in [3.05, 3.63) is 24.0 Å². The zero-order valence-corrected chi connectivity index (χ0v) is 12.1. The maximum atomic E-state index is 12.3. The molecule has 1 rings (SSSR count). The second-order valence-electron chi connectivity index (χ2n) is 4.55. The van der Waals surface area contributed by atoms with Crippen molar-refractivity contribution in [2.75, 3.05) is 25.4 Å². The van der Waals surface area contributed by atoms with Crippen LogP contribution >= 0.6 is 0 Å². The van der Waals surface area contributed by atoms with Gasteiger partial charge in [0.05, 0.1) is 18.4 Å². The summed E-state index contributed by atoms with van der Waals surface area (Å²) in [6.45, 7) is 5.13. The molecular weight excluding hydrogens is 256 g/mol. The maximum Gasteiger partial charge on any atom is 0.272 e. The highest BCUT2D eigenvalue weighted by Gasteiger charge is 2.18. The molecule has 20 heavy (non-hydrogen) atoms. The van der Waals surface area contributed by atoms with Gasteiger partial charge in [-0.05, 0) is 25.0 Å². The molecule has 1 aromatic heterocycles. The zero-order chi connectivity index (χ0) is 15.0. The van der Waals surface area contributed by atoms with E-state index in [0.717, 1.165) is 12.8 Å². The highest BCUT2D eigenvalue weighted by Crippen LogP contribution is 2.06. The molecule has 0 saturated heterocycles. The predicted octanol–water partition coefficient (Wildman–Crippen LogP) is 1.04. The van der Waals surface area contributed by atoms with Crippen molar-refractivity contribution in [1.82, 2.24) is 15.2 Å². The number of nitrogens with zero attached hydrogens (tertiary/aromatic N) is 2. The Kier molecular flexibility index (Phi) is 6.49. The van der Waals surface area contributed by atoms with Crippen LogP contribution in [0.25, 0.3) is 0 Å². The van der Waals surface area contributed by atoms with E-state index in [1.54, 1.807) is 12.1 Å². The van der Waals surface area contributed by atoms with Crippen LogP contribution in [-0.2, 0) is 4.79 Å². The largest absolute Gasteiger partial charge is 0.397 e. The lowest BCUT2D eigenvalue weighted by molar-refractivity contribution is -0.121. The van der Waals surface area contributed by atoms with E-state index >= 15 is 0 Å². The molecule has 0 aliphatic rings. The first-order chi connectivity index (χ1) is 9.58. The first kappa shape index (κ1) is 15.9. The Hall–Kier alpha value is -2.11. The van der Waals surface area contributed by atoms with Crippen LogP contribution in [0.3, 0.4) is 0 Å². The van der Waals surface area contributed by atoms with Gasteiger partial charge in [0, 0.05) is 13.1 Å². The number of carbonyl (C=O) groups excluding carboxylic acids is 2. The minimum absolute atomic E-state index is 0.0543. The quantitative estimate of drug-likeness (QED) is 0.780. The average molecular weight is 278 g/mol. The smallest absolute Gasteiger partial charge is 0.272 e. The second-order valence-corrected chi connectivity index (χ2v) is 4.55. The summed E-state index contributed by atoms with van der Waals surface area (Å²) in [7, 11) is 0. The number of nitrogens with two attached hydrogens (primary N) is 1. The van der Waals surface area contributed by atoms with E-state index in [9.17, 15) is 9.59 Å². The van der Waals surface area contributed by atoms with Gasteiger partial charge in [-0.1, -0.05) is 13.8 Å². The molecule has 1 aromatic rings. The molecule has 1 heterocycles. The Balaban J connectivity index is 2.71. The number of hydrogen-bond acceptors (Lipinski definition) is 4. The third kappa shape index (κ3) is 4.87. The lowest BCUT2D eigenvalue weighted by Crippen LogP contribution is -2.41. The summed E-state index contributed by atoms with van der Waals surface area (Å²) in [6.07, 6.45) is 3.09. The molecule has 6 nitrogen and oxygen atoms in total. The van der Waals surface area contributed by atoms with Gasteiger partial charge in [0.25, 0.3) is 5.91 Å². The van der Waals surface area contributed by atoms with Crippen molar-refractivity contribution >= 4 is 17.5 Å². The number of pyridine rings is 1. The standard InChI is InChI=1S/C14H22N4O2/c1-3-7-16-13(19)10-18(8-4-2)14(20)12-6-5-11(15)9-17-12/h5-6,9H,3-4,7-8,10,15H2,1-2H3,(H,16,19). The molecule has 0 spiro atoms. The lowest BCUT2D eigenvalue weighted by atomic mass is 10.2. The SMILES string of the molecule is CCCNC(=O)CN(CCC)C(=O)c1ccc(N)cn1. The van der Waals surface area contributed by atoms with Gasteiger partial charge in [0.15, 0.2) is 0 Å². The Morgan fingerprint density at radius 3 is 2.60 bits per heavy atom. The topological polar surface area (TPSA) is 88.3 Å². The summed E-state index contributed by atoms with van der Waals surface area (Å²) < 4.78 is 0. The molecule has 0 atom stereocenters. The molecular formula is C14H22N4O2. The van der Waals surface area contributed by atoms with Gasteiger partial charge in [-0.3, -0.25) is 9.59 Å². The number of amides is 2. The molecule has 2 amide bonds. The summed E-state index contributed by atoms with van der Waals surface area (Å²) in [5.41, 5.74) is 6.35. The Labute approximate surface area is 119 Å². The number of carbonyl (C=O) groups is 2. The van der Waals surface area contributed by atoms with Gasteiger partial charge in [-0.15, -0.1) is 0 Å². The predicted molar refractivity (Wildman–Crippen MR) is 78.1 cm³/mol. The monoisotopic (exact) mass is 278 g/mol. The fourth-order valence-electron chi connectivity index (χ4n) is 1.71. The van der Waals surface area contributed by atoms with Crippen LogP contribution in [0.15, 0.2) is 18.3 Å². The number of rotatable bonds is 7. The van der Waals surface area contributed by atoms with Gasteiger partial charge in [0.1, 0.15) is 5.69 Å². The minimum Gasteiger partial charge on any atom is -0.397 e. The summed E-state index contributed by atoms with van der Waals surface area (Å²) in [4.78, 5) is 29.5.